The summed E-state index contributed by atoms with van der Waals surface area (Å²) in [5.41, 5.74) is 3.00. The van der Waals surface area contributed by atoms with Crippen molar-refractivity contribution in [2.24, 2.45) is 0 Å². The van der Waals surface area contributed by atoms with Crippen LogP contribution in [-0.4, -0.2) is 47.8 Å². The molecule has 2 aliphatic heterocycles. The maximum atomic E-state index is 13.1. The molecule has 0 unspecified atom stereocenters. The summed E-state index contributed by atoms with van der Waals surface area (Å²) >= 11 is 2.94. The monoisotopic (exact) mass is 631 g/mol. The van der Waals surface area contributed by atoms with E-state index in [0.717, 1.165) is 54.9 Å². The van der Waals surface area contributed by atoms with Gasteiger partial charge < -0.3 is 23.6 Å². The number of methoxy groups -OCH3 is 1. The number of piperidine rings is 1. The maximum absolute atomic E-state index is 13.1. The minimum atomic E-state index is -4.82. The summed E-state index contributed by atoms with van der Waals surface area (Å²) in [6.45, 7) is 0.206. The van der Waals surface area contributed by atoms with E-state index in [4.69, 9.17) is 19.0 Å². The lowest BCUT2D eigenvalue weighted by molar-refractivity contribution is -0.274. The van der Waals surface area contributed by atoms with Gasteiger partial charge in [0.2, 0.25) is 0 Å². The number of ether oxygens (including phenoxy) is 3. The predicted molar refractivity (Wildman–Crippen MR) is 154 cm³/mol. The number of esters is 1. The van der Waals surface area contributed by atoms with Crippen molar-refractivity contribution in [3.8, 4) is 28.3 Å². The number of alkyl halides is 3. The van der Waals surface area contributed by atoms with E-state index in [-0.39, 0.29) is 48.0 Å². The third kappa shape index (κ3) is 5.77. The number of benzene rings is 1. The average Bonchev–Trinajstić information content (AvgIpc) is 3.31. The molecule has 43 heavy (non-hydrogen) atoms. The number of carbonyl (C=O) groups is 1. The Kier molecular flexibility index (Phi) is 7.42. The fraction of sp³-hybridized carbons (Fsp3) is 0.433. The second-order valence-electron chi connectivity index (χ2n) is 11.1. The number of nitrogens with zero attached hydrogens (tertiary/aromatic N) is 3. The molecule has 3 aliphatic rings. The molecule has 1 aromatic carbocycles. The Morgan fingerprint density at radius 1 is 1.09 bits per heavy atom. The van der Waals surface area contributed by atoms with Crippen LogP contribution in [0.15, 0.2) is 45.6 Å². The minimum absolute atomic E-state index is 0.0101. The zero-order valence-electron chi connectivity index (χ0n) is 23.1. The SMILES string of the molecule is COC(=O)c1cc(-c2csc(N3[C@@H]4CC[C@H]3C[C@H](OCc3c(-c5ccccc5OC(F)(F)F)noc3C3CC3)C4)n2)cs1. The van der Waals surface area contributed by atoms with Gasteiger partial charge >= 0.3 is 12.3 Å². The van der Waals surface area contributed by atoms with Crippen molar-refractivity contribution in [2.45, 2.75) is 75.6 Å². The Balaban J connectivity index is 1.06. The fourth-order valence-electron chi connectivity index (χ4n) is 6.19. The largest absolute Gasteiger partial charge is 0.573 e. The van der Waals surface area contributed by atoms with Gasteiger partial charge in [0.05, 0.1) is 25.5 Å². The molecule has 3 aromatic heterocycles. The van der Waals surface area contributed by atoms with E-state index in [1.165, 1.54) is 30.6 Å². The first-order valence-electron chi connectivity index (χ1n) is 14.1. The van der Waals surface area contributed by atoms with Crippen molar-refractivity contribution in [3.05, 3.63) is 57.3 Å². The topological polar surface area (TPSA) is 86.9 Å². The number of hydrogen-bond donors (Lipinski definition) is 0. The van der Waals surface area contributed by atoms with Crippen LogP contribution in [-0.2, 0) is 16.1 Å². The van der Waals surface area contributed by atoms with Gasteiger partial charge in [-0.3, -0.25) is 0 Å². The highest BCUT2D eigenvalue weighted by molar-refractivity contribution is 7.14. The highest BCUT2D eigenvalue weighted by atomic mass is 32.1. The normalized spacial score (nSPS) is 21.8. The van der Waals surface area contributed by atoms with Crippen molar-refractivity contribution >= 4 is 33.8 Å². The highest BCUT2D eigenvalue weighted by Gasteiger charge is 2.43. The Morgan fingerprint density at radius 3 is 2.58 bits per heavy atom. The van der Waals surface area contributed by atoms with E-state index in [1.807, 2.05) is 16.8 Å². The summed E-state index contributed by atoms with van der Waals surface area (Å²) in [6, 6.07) is 8.37. The van der Waals surface area contributed by atoms with Gasteiger partial charge in [0.25, 0.3) is 0 Å². The molecule has 1 saturated carbocycles. The van der Waals surface area contributed by atoms with Crippen LogP contribution < -0.4 is 9.64 Å². The lowest BCUT2D eigenvalue weighted by Gasteiger charge is -2.38. The van der Waals surface area contributed by atoms with Gasteiger partial charge in [-0.15, -0.1) is 35.8 Å². The molecule has 0 N–H and O–H groups in total. The lowest BCUT2D eigenvalue weighted by atomic mass is 10.00. The molecule has 8 nitrogen and oxygen atoms in total. The van der Waals surface area contributed by atoms with E-state index in [9.17, 15) is 18.0 Å². The predicted octanol–water partition coefficient (Wildman–Crippen LogP) is 7.81. The number of aromatic nitrogens is 2. The second kappa shape index (κ2) is 11.3. The summed E-state index contributed by atoms with van der Waals surface area (Å²) < 4.78 is 60.7. The smallest absolute Gasteiger partial charge is 0.465 e. The fourth-order valence-corrected chi connectivity index (χ4v) is 7.98. The summed E-state index contributed by atoms with van der Waals surface area (Å²) in [5, 5.41) is 9.10. The molecule has 2 saturated heterocycles. The lowest BCUT2D eigenvalue weighted by Crippen LogP contribution is -2.45. The number of thiazole rings is 1. The zero-order chi connectivity index (χ0) is 29.7. The molecule has 0 spiro atoms. The van der Waals surface area contributed by atoms with Gasteiger partial charge in [-0.05, 0) is 56.7 Å². The molecule has 4 aromatic rings. The van der Waals surface area contributed by atoms with Crippen LogP contribution in [0.25, 0.3) is 22.5 Å². The average molecular weight is 632 g/mol. The first-order valence-corrected chi connectivity index (χ1v) is 15.9. The Morgan fingerprint density at radius 2 is 1.86 bits per heavy atom. The van der Waals surface area contributed by atoms with Crippen LogP contribution in [0.2, 0.25) is 0 Å². The number of para-hydroxylation sites is 1. The first kappa shape index (κ1) is 28.4. The standard InChI is InChI=1S/C30H28F3N3O5S2/c1-38-28(37)25-10-17(14-42-25)23-15-43-29(34-23)36-18-8-9-19(36)12-20(11-18)39-13-22-26(35-41-27(22)16-6-7-16)21-4-2-3-5-24(21)40-30(31,32)33/h2-5,10,14-16,18-20H,6-9,11-13H2,1H3/t18-,19+,20-. The summed E-state index contributed by atoms with van der Waals surface area (Å²) in [6.07, 6.45) is 0.802. The number of anilines is 1. The van der Waals surface area contributed by atoms with E-state index >= 15 is 0 Å². The van der Waals surface area contributed by atoms with Gasteiger partial charge in [-0.25, -0.2) is 9.78 Å². The Bertz CT molecular complexity index is 1610. The van der Waals surface area contributed by atoms with E-state index in [0.29, 0.717) is 21.9 Å². The maximum Gasteiger partial charge on any atom is 0.573 e. The number of hydrogen-bond acceptors (Lipinski definition) is 10. The molecule has 7 rings (SSSR count). The summed E-state index contributed by atoms with van der Waals surface area (Å²) in [4.78, 5) is 19.7. The molecule has 2 bridgehead atoms. The molecule has 0 radical (unpaired) electrons. The van der Waals surface area contributed by atoms with Crippen LogP contribution in [0.5, 0.6) is 5.75 Å². The molecule has 3 atom stereocenters. The van der Waals surface area contributed by atoms with Crippen LogP contribution in [0.3, 0.4) is 0 Å². The number of thiophene rings is 1. The molecular formula is C30H28F3N3O5S2. The number of halogens is 3. The molecule has 5 heterocycles. The summed E-state index contributed by atoms with van der Waals surface area (Å²) in [5.74, 6) is 0.231. The van der Waals surface area contributed by atoms with Crippen LogP contribution in [0, 0.1) is 0 Å². The molecule has 3 fully saturated rings. The van der Waals surface area contributed by atoms with E-state index in [2.05, 4.69) is 14.8 Å². The van der Waals surface area contributed by atoms with Crippen molar-refractivity contribution in [2.75, 3.05) is 12.0 Å². The Hall–Kier alpha value is -3.42. The molecular weight excluding hydrogens is 603 g/mol. The minimum Gasteiger partial charge on any atom is -0.465 e. The first-order chi connectivity index (χ1) is 20.8. The van der Waals surface area contributed by atoms with Crippen LogP contribution in [0.1, 0.15) is 65.4 Å². The highest BCUT2D eigenvalue weighted by Crippen LogP contribution is 2.47. The molecule has 1 aliphatic carbocycles. The van der Waals surface area contributed by atoms with Gasteiger partial charge in [0.15, 0.2) is 5.13 Å². The van der Waals surface area contributed by atoms with Gasteiger partial charge in [0, 0.05) is 45.5 Å². The third-order valence-electron chi connectivity index (χ3n) is 8.28. The number of fused-ring (bicyclic) bond motifs is 2. The van der Waals surface area contributed by atoms with E-state index in [1.54, 1.807) is 23.5 Å². The number of carbonyl (C=O) groups excluding carboxylic acids is 1. The quantitative estimate of drug-likeness (QED) is 0.173. The third-order valence-corrected chi connectivity index (χ3v) is 10.0. The van der Waals surface area contributed by atoms with Gasteiger partial charge in [-0.2, -0.15) is 0 Å². The molecule has 13 heteroatoms. The van der Waals surface area contributed by atoms with Gasteiger partial charge in [0.1, 0.15) is 22.1 Å². The van der Waals surface area contributed by atoms with Crippen molar-refractivity contribution in [1.82, 2.24) is 10.1 Å². The summed E-state index contributed by atoms with van der Waals surface area (Å²) in [7, 11) is 1.37. The van der Waals surface area contributed by atoms with Crippen LogP contribution >= 0.6 is 22.7 Å². The van der Waals surface area contributed by atoms with Gasteiger partial charge in [-0.1, -0.05) is 17.3 Å². The molecule has 226 valence electrons. The van der Waals surface area contributed by atoms with E-state index < -0.39 is 6.36 Å². The van der Waals surface area contributed by atoms with Crippen molar-refractivity contribution < 1.29 is 36.7 Å². The van der Waals surface area contributed by atoms with Crippen molar-refractivity contribution in [3.63, 3.8) is 0 Å². The van der Waals surface area contributed by atoms with Crippen LogP contribution in [0.4, 0.5) is 18.3 Å². The zero-order valence-corrected chi connectivity index (χ0v) is 24.8. The Labute approximate surface area is 253 Å². The molecule has 0 amide bonds. The number of rotatable bonds is 9. The second-order valence-corrected chi connectivity index (χ2v) is 12.8. The van der Waals surface area contributed by atoms with Crippen molar-refractivity contribution in [1.29, 1.82) is 0 Å².